The van der Waals surface area contributed by atoms with Crippen LogP contribution in [0.2, 0.25) is 0 Å². The van der Waals surface area contributed by atoms with Crippen LogP contribution >= 0.6 is 0 Å². The predicted octanol–water partition coefficient (Wildman–Crippen LogP) is 4.20. The minimum Gasteiger partial charge on any atom is -0.493 e. The summed E-state index contributed by atoms with van der Waals surface area (Å²) in [6.45, 7) is 7.50. The second-order valence-corrected chi connectivity index (χ2v) is 6.31. The van der Waals surface area contributed by atoms with Crippen LogP contribution in [0.5, 0.6) is 5.75 Å². The molecule has 2 aromatic carbocycles. The fraction of sp³-hybridized carbons (Fsp3) is 0.450. The number of fused-ring (bicyclic) bond motifs is 1. The number of benzene rings is 2. The highest BCUT2D eigenvalue weighted by molar-refractivity contribution is 5.88. The predicted molar refractivity (Wildman–Crippen MR) is 96.0 cm³/mol. The molecule has 0 saturated carbocycles. The molecule has 2 rings (SSSR count). The average Bonchev–Trinajstić information content (AvgIpc) is 2.56. The minimum atomic E-state index is 0.198. The van der Waals surface area contributed by atoms with Gasteiger partial charge in [-0.25, -0.2) is 0 Å². The molecular formula is C20H27NO2. The Labute approximate surface area is 139 Å². The van der Waals surface area contributed by atoms with Gasteiger partial charge in [0, 0.05) is 36.7 Å². The molecule has 1 unspecified atom stereocenters. The molecule has 0 aromatic heterocycles. The van der Waals surface area contributed by atoms with E-state index in [1.165, 1.54) is 5.39 Å². The molecule has 0 aliphatic carbocycles. The van der Waals surface area contributed by atoms with Crippen LogP contribution in [0.1, 0.15) is 33.6 Å². The van der Waals surface area contributed by atoms with Crippen LogP contribution in [0.4, 0.5) is 0 Å². The van der Waals surface area contributed by atoms with Gasteiger partial charge in [-0.1, -0.05) is 57.2 Å². The van der Waals surface area contributed by atoms with Crippen molar-refractivity contribution in [3.05, 3.63) is 42.5 Å². The van der Waals surface area contributed by atoms with Gasteiger partial charge in [-0.3, -0.25) is 4.79 Å². The Morgan fingerprint density at radius 1 is 1.13 bits per heavy atom. The van der Waals surface area contributed by atoms with Gasteiger partial charge < -0.3 is 10.1 Å². The first kappa shape index (κ1) is 17.5. The maximum Gasteiger partial charge on any atom is 0.133 e. The van der Waals surface area contributed by atoms with E-state index in [1.807, 2.05) is 31.2 Å². The summed E-state index contributed by atoms with van der Waals surface area (Å²) in [5, 5.41) is 5.71. The number of carbonyl (C=O) groups is 1. The van der Waals surface area contributed by atoms with Crippen LogP contribution in [-0.2, 0) is 4.79 Å². The molecule has 0 bridgehead atoms. The number of Topliss-reactive ketones (excluding diaryl/α,β-unsaturated/α-hetero) is 1. The molecule has 23 heavy (non-hydrogen) atoms. The van der Waals surface area contributed by atoms with Gasteiger partial charge in [0.2, 0.25) is 0 Å². The zero-order valence-electron chi connectivity index (χ0n) is 14.3. The van der Waals surface area contributed by atoms with E-state index in [0.29, 0.717) is 31.3 Å². The van der Waals surface area contributed by atoms with Crippen LogP contribution in [0.25, 0.3) is 10.8 Å². The Hall–Kier alpha value is -1.87. The number of rotatable bonds is 9. The smallest absolute Gasteiger partial charge is 0.133 e. The summed E-state index contributed by atoms with van der Waals surface area (Å²) < 4.78 is 6.07. The molecule has 0 spiro atoms. The lowest BCUT2D eigenvalue weighted by Gasteiger charge is -2.20. The molecule has 3 heteroatoms. The summed E-state index contributed by atoms with van der Waals surface area (Å²) in [6, 6.07) is 14.7. The number of hydrogen-bond acceptors (Lipinski definition) is 3. The van der Waals surface area contributed by atoms with E-state index in [-0.39, 0.29) is 5.92 Å². The number of hydrogen-bond donors (Lipinski definition) is 1. The lowest BCUT2D eigenvalue weighted by molar-refractivity contribution is -0.119. The summed E-state index contributed by atoms with van der Waals surface area (Å²) in [6.07, 6.45) is 1.16. The highest BCUT2D eigenvalue weighted by atomic mass is 16.5. The maximum absolute atomic E-state index is 11.8. The number of ketones is 1. The summed E-state index contributed by atoms with van der Waals surface area (Å²) in [5.74, 6) is 1.38. The standard InChI is InChI=1S/C20H27NO2/c1-4-18(22)12-16(13-21-15(2)3)14-23-20-11-7-9-17-8-5-6-10-19(17)20/h5-11,15-16,21H,4,12-14H2,1-3H3. The Bertz CT molecular complexity index is 631. The summed E-state index contributed by atoms with van der Waals surface area (Å²) in [7, 11) is 0. The Balaban J connectivity index is 2.05. The van der Waals surface area contributed by atoms with Crippen molar-refractivity contribution in [1.29, 1.82) is 0 Å². The van der Waals surface area contributed by atoms with E-state index in [9.17, 15) is 4.79 Å². The van der Waals surface area contributed by atoms with Crippen molar-refractivity contribution in [2.45, 2.75) is 39.7 Å². The molecule has 1 atom stereocenters. The first-order chi connectivity index (χ1) is 11.1. The van der Waals surface area contributed by atoms with Crippen molar-refractivity contribution in [2.24, 2.45) is 5.92 Å². The molecule has 0 aliphatic rings. The van der Waals surface area contributed by atoms with Gasteiger partial charge in [0.25, 0.3) is 0 Å². The van der Waals surface area contributed by atoms with E-state index in [2.05, 4.69) is 37.4 Å². The zero-order valence-corrected chi connectivity index (χ0v) is 14.3. The first-order valence-corrected chi connectivity index (χ1v) is 8.45. The fourth-order valence-corrected chi connectivity index (χ4v) is 2.59. The topological polar surface area (TPSA) is 38.3 Å². The van der Waals surface area contributed by atoms with E-state index in [4.69, 9.17) is 4.74 Å². The van der Waals surface area contributed by atoms with Gasteiger partial charge in [0.1, 0.15) is 11.5 Å². The molecule has 0 fully saturated rings. The van der Waals surface area contributed by atoms with E-state index < -0.39 is 0 Å². The van der Waals surface area contributed by atoms with Crippen molar-refractivity contribution in [1.82, 2.24) is 5.32 Å². The summed E-state index contributed by atoms with van der Waals surface area (Å²) in [4.78, 5) is 11.8. The van der Waals surface area contributed by atoms with Crippen molar-refractivity contribution < 1.29 is 9.53 Å². The highest BCUT2D eigenvalue weighted by Gasteiger charge is 2.15. The number of ether oxygens (including phenoxy) is 1. The largest absolute Gasteiger partial charge is 0.493 e. The second-order valence-electron chi connectivity index (χ2n) is 6.31. The summed E-state index contributed by atoms with van der Waals surface area (Å²) in [5.41, 5.74) is 0. The maximum atomic E-state index is 11.8. The Morgan fingerprint density at radius 2 is 1.87 bits per heavy atom. The summed E-state index contributed by atoms with van der Waals surface area (Å²) >= 11 is 0. The zero-order chi connectivity index (χ0) is 16.7. The Morgan fingerprint density at radius 3 is 2.61 bits per heavy atom. The normalized spacial score (nSPS) is 12.5. The molecule has 124 valence electrons. The molecule has 0 aliphatic heterocycles. The van der Waals surface area contributed by atoms with Gasteiger partial charge in [0.05, 0.1) is 6.61 Å². The third kappa shape index (κ3) is 5.36. The van der Waals surface area contributed by atoms with Crippen molar-refractivity contribution in [3.8, 4) is 5.75 Å². The number of nitrogens with one attached hydrogen (secondary N) is 1. The van der Waals surface area contributed by atoms with Gasteiger partial charge in [-0.15, -0.1) is 0 Å². The van der Waals surface area contributed by atoms with Crippen molar-refractivity contribution >= 4 is 16.6 Å². The van der Waals surface area contributed by atoms with E-state index >= 15 is 0 Å². The van der Waals surface area contributed by atoms with Gasteiger partial charge in [-0.05, 0) is 11.5 Å². The molecule has 0 radical (unpaired) electrons. The monoisotopic (exact) mass is 313 g/mol. The molecule has 2 aromatic rings. The van der Waals surface area contributed by atoms with Gasteiger partial charge in [-0.2, -0.15) is 0 Å². The van der Waals surface area contributed by atoms with Crippen molar-refractivity contribution in [3.63, 3.8) is 0 Å². The third-order valence-electron chi connectivity index (χ3n) is 3.95. The molecular weight excluding hydrogens is 286 g/mol. The van der Waals surface area contributed by atoms with Crippen molar-refractivity contribution in [2.75, 3.05) is 13.2 Å². The molecule has 3 nitrogen and oxygen atoms in total. The van der Waals surface area contributed by atoms with E-state index in [1.54, 1.807) is 0 Å². The first-order valence-electron chi connectivity index (χ1n) is 8.45. The SMILES string of the molecule is CCC(=O)CC(CNC(C)C)COc1cccc2ccccc12. The minimum absolute atomic E-state index is 0.198. The third-order valence-corrected chi connectivity index (χ3v) is 3.95. The molecule has 0 saturated heterocycles. The molecule has 1 N–H and O–H groups in total. The number of carbonyl (C=O) groups excluding carboxylic acids is 1. The Kier molecular flexibility index (Phi) is 6.60. The van der Waals surface area contributed by atoms with Crippen LogP contribution in [0.15, 0.2) is 42.5 Å². The lowest BCUT2D eigenvalue weighted by atomic mass is 10.0. The average molecular weight is 313 g/mol. The van der Waals surface area contributed by atoms with Gasteiger partial charge >= 0.3 is 0 Å². The molecule has 0 amide bonds. The molecule has 0 heterocycles. The fourth-order valence-electron chi connectivity index (χ4n) is 2.59. The van der Waals surface area contributed by atoms with Crippen LogP contribution in [0.3, 0.4) is 0 Å². The van der Waals surface area contributed by atoms with Crippen LogP contribution < -0.4 is 10.1 Å². The van der Waals surface area contributed by atoms with Gasteiger partial charge in [0.15, 0.2) is 0 Å². The second kappa shape index (κ2) is 8.68. The quantitative estimate of drug-likeness (QED) is 0.754. The van der Waals surface area contributed by atoms with Crippen LogP contribution in [0, 0.1) is 5.92 Å². The lowest BCUT2D eigenvalue weighted by Crippen LogP contribution is -2.33. The van der Waals surface area contributed by atoms with Crippen LogP contribution in [-0.4, -0.2) is 25.0 Å². The highest BCUT2D eigenvalue weighted by Crippen LogP contribution is 2.25. The van der Waals surface area contributed by atoms with E-state index in [0.717, 1.165) is 17.7 Å².